The lowest BCUT2D eigenvalue weighted by Gasteiger charge is -2.19. The molecule has 1 aromatic rings. The van der Waals surface area contributed by atoms with Gasteiger partial charge in [0.2, 0.25) is 0 Å². The summed E-state index contributed by atoms with van der Waals surface area (Å²) in [6.07, 6.45) is 0.864. The predicted molar refractivity (Wildman–Crippen MR) is 66.4 cm³/mol. The minimum Gasteiger partial charge on any atom is -0.375 e. The van der Waals surface area contributed by atoms with Crippen molar-refractivity contribution in [3.8, 4) is 0 Å². The maximum Gasteiger partial charge on any atom is 0.263 e. The van der Waals surface area contributed by atoms with Gasteiger partial charge >= 0.3 is 0 Å². The first-order valence-corrected chi connectivity index (χ1v) is 6.12. The van der Waals surface area contributed by atoms with E-state index in [-0.39, 0.29) is 5.91 Å². The van der Waals surface area contributed by atoms with Gasteiger partial charge in [0.05, 0.1) is 5.69 Å². The first-order chi connectivity index (χ1) is 7.50. The Morgan fingerprint density at radius 2 is 2.19 bits per heavy atom. The average molecular weight is 284 g/mol. The number of aliphatic hydroxyl groups is 1. The van der Waals surface area contributed by atoms with Gasteiger partial charge in [-0.05, 0) is 35.3 Å². The summed E-state index contributed by atoms with van der Waals surface area (Å²) in [5.41, 5.74) is 0.0913. The third-order valence-electron chi connectivity index (χ3n) is 2.89. The second kappa shape index (κ2) is 3.86. The van der Waals surface area contributed by atoms with E-state index >= 15 is 0 Å². The number of carbonyl (C=O) groups is 1. The molecule has 1 aromatic carbocycles. The quantitative estimate of drug-likeness (QED) is 0.906. The molecule has 1 amide bonds. The molecule has 0 aromatic heterocycles. The van der Waals surface area contributed by atoms with Crippen LogP contribution in [-0.2, 0) is 10.4 Å². The SMILES string of the molecule is CCCN1C(=O)C(C)(O)c2cccc(Br)c21. The fourth-order valence-electron chi connectivity index (χ4n) is 2.10. The molecule has 0 saturated carbocycles. The van der Waals surface area contributed by atoms with Gasteiger partial charge in [0.15, 0.2) is 5.60 Å². The van der Waals surface area contributed by atoms with Crippen LogP contribution in [0, 0.1) is 0 Å². The van der Waals surface area contributed by atoms with Crippen molar-refractivity contribution in [1.29, 1.82) is 0 Å². The normalized spacial score (nSPS) is 23.8. The number of hydrogen-bond acceptors (Lipinski definition) is 2. The summed E-state index contributed by atoms with van der Waals surface area (Å²) >= 11 is 3.43. The third-order valence-corrected chi connectivity index (χ3v) is 3.53. The molecule has 1 N–H and O–H groups in total. The molecule has 0 spiro atoms. The van der Waals surface area contributed by atoms with Crippen LogP contribution in [0.15, 0.2) is 22.7 Å². The van der Waals surface area contributed by atoms with Gasteiger partial charge in [0, 0.05) is 16.6 Å². The lowest BCUT2D eigenvalue weighted by atomic mass is 9.98. The van der Waals surface area contributed by atoms with Gasteiger partial charge in [0.1, 0.15) is 0 Å². The van der Waals surface area contributed by atoms with Gasteiger partial charge in [-0.25, -0.2) is 0 Å². The van der Waals surface area contributed by atoms with Crippen LogP contribution in [0.3, 0.4) is 0 Å². The first-order valence-electron chi connectivity index (χ1n) is 5.33. The molecule has 0 aliphatic carbocycles. The van der Waals surface area contributed by atoms with Gasteiger partial charge in [-0.3, -0.25) is 4.79 Å². The predicted octanol–water partition coefficient (Wildman–Crippen LogP) is 2.41. The van der Waals surface area contributed by atoms with Gasteiger partial charge in [-0.15, -0.1) is 0 Å². The van der Waals surface area contributed by atoms with Crippen molar-refractivity contribution in [1.82, 2.24) is 0 Å². The van der Waals surface area contributed by atoms with E-state index in [0.29, 0.717) is 12.1 Å². The summed E-state index contributed by atoms with van der Waals surface area (Å²) in [5, 5.41) is 10.2. The fourth-order valence-corrected chi connectivity index (χ4v) is 2.68. The van der Waals surface area contributed by atoms with E-state index < -0.39 is 5.60 Å². The molecule has 1 heterocycles. The molecule has 1 aliphatic rings. The van der Waals surface area contributed by atoms with Crippen LogP contribution in [0.5, 0.6) is 0 Å². The maximum absolute atomic E-state index is 12.1. The van der Waals surface area contributed by atoms with Crippen molar-refractivity contribution in [3.05, 3.63) is 28.2 Å². The van der Waals surface area contributed by atoms with E-state index in [1.807, 2.05) is 19.1 Å². The molecule has 0 bridgehead atoms. The number of fused-ring (bicyclic) bond motifs is 1. The molecular weight excluding hydrogens is 270 g/mol. The van der Waals surface area contributed by atoms with E-state index in [1.165, 1.54) is 0 Å². The molecule has 1 atom stereocenters. The van der Waals surface area contributed by atoms with E-state index in [0.717, 1.165) is 16.6 Å². The Morgan fingerprint density at radius 1 is 1.50 bits per heavy atom. The highest BCUT2D eigenvalue weighted by Gasteiger charge is 2.46. The minimum atomic E-state index is -1.39. The number of para-hydroxylation sites is 1. The zero-order valence-electron chi connectivity index (χ0n) is 9.33. The Hall–Kier alpha value is -0.870. The zero-order valence-corrected chi connectivity index (χ0v) is 10.9. The molecule has 2 rings (SSSR count). The first kappa shape index (κ1) is 11.6. The molecule has 0 fully saturated rings. The molecule has 0 saturated heterocycles. The standard InChI is InChI=1S/C12H14BrNO2/c1-3-7-14-10-8(5-4-6-9(10)13)12(2,16)11(14)15/h4-6,16H,3,7H2,1-2H3. The number of halogens is 1. The molecule has 0 radical (unpaired) electrons. The monoisotopic (exact) mass is 283 g/mol. The second-order valence-electron chi connectivity index (χ2n) is 4.17. The average Bonchev–Trinajstić information content (AvgIpc) is 2.42. The van der Waals surface area contributed by atoms with E-state index in [2.05, 4.69) is 15.9 Å². The summed E-state index contributed by atoms with van der Waals surface area (Å²) in [7, 11) is 0. The van der Waals surface area contributed by atoms with E-state index in [4.69, 9.17) is 0 Å². The number of carbonyl (C=O) groups excluding carboxylic acids is 1. The molecule has 16 heavy (non-hydrogen) atoms. The zero-order chi connectivity index (χ0) is 11.9. The smallest absolute Gasteiger partial charge is 0.263 e. The van der Waals surface area contributed by atoms with Crippen molar-refractivity contribution < 1.29 is 9.90 Å². The lowest BCUT2D eigenvalue weighted by molar-refractivity contribution is -0.134. The van der Waals surface area contributed by atoms with Crippen LogP contribution < -0.4 is 4.90 Å². The van der Waals surface area contributed by atoms with Crippen molar-refractivity contribution in [2.75, 3.05) is 11.4 Å². The third kappa shape index (κ3) is 1.48. The highest BCUT2D eigenvalue weighted by molar-refractivity contribution is 9.10. The highest BCUT2D eigenvalue weighted by Crippen LogP contribution is 2.44. The van der Waals surface area contributed by atoms with Gasteiger partial charge in [-0.1, -0.05) is 19.1 Å². The van der Waals surface area contributed by atoms with Crippen LogP contribution in [-0.4, -0.2) is 17.6 Å². The van der Waals surface area contributed by atoms with Crippen molar-refractivity contribution in [2.24, 2.45) is 0 Å². The summed E-state index contributed by atoms with van der Waals surface area (Å²) in [5.74, 6) is -0.240. The van der Waals surface area contributed by atoms with Crippen molar-refractivity contribution in [3.63, 3.8) is 0 Å². The fraction of sp³-hybridized carbons (Fsp3) is 0.417. The number of hydrogen-bond donors (Lipinski definition) is 1. The lowest BCUT2D eigenvalue weighted by Crippen LogP contribution is -2.38. The largest absolute Gasteiger partial charge is 0.375 e. The van der Waals surface area contributed by atoms with Crippen LogP contribution in [0.1, 0.15) is 25.8 Å². The van der Waals surface area contributed by atoms with Gasteiger partial charge in [-0.2, -0.15) is 0 Å². The van der Waals surface area contributed by atoms with Crippen molar-refractivity contribution in [2.45, 2.75) is 25.9 Å². The molecule has 1 unspecified atom stereocenters. The Balaban J connectivity index is 2.61. The van der Waals surface area contributed by atoms with Crippen LogP contribution in [0.2, 0.25) is 0 Å². The van der Waals surface area contributed by atoms with E-state index in [1.54, 1.807) is 17.9 Å². The van der Waals surface area contributed by atoms with Gasteiger partial charge in [0.25, 0.3) is 5.91 Å². The molecule has 3 nitrogen and oxygen atoms in total. The number of amides is 1. The van der Waals surface area contributed by atoms with Gasteiger partial charge < -0.3 is 10.0 Å². The molecular formula is C12H14BrNO2. The highest BCUT2D eigenvalue weighted by atomic mass is 79.9. The van der Waals surface area contributed by atoms with Crippen LogP contribution >= 0.6 is 15.9 Å². The Kier molecular flexibility index (Phi) is 2.80. The Morgan fingerprint density at radius 3 is 2.81 bits per heavy atom. The topological polar surface area (TPSA) is 40.5 Å². The minimum absolute atomic E-state index is 0.240. The summed E-state index contributed by atoms with van der Waals surface area (Å²) in [4.78, 5) is 13.7. The summed E-state index contributed by atoms with van der Waals surface area (Å²) < 4.78 is 0.851. The summed E-state index contributed by atoms with van der Waals surface area (Å²) in [6, 6.07) is 5.52. The second-order valence-corrected chi connectivity index (χ2v) is 5.02. The maximum atomic E-state index is 12.1. The number of anilines is 1. The van der Waals surface area contributed by atoms with Crippen molar-refractivity contribution >= 4 is 27.5 Å². The summed E-state index contributed by atoms with van der Waals surface area (Å²) in [6.45, 7) is 4.19. The van der Waals surface area contributed by atoms with E-state index in [9.17, 15) is 9.90 Å². The number of nitrogens with zero attached hydrogens (tertiary/aromatic N) is 1. The Labute approximate surface area is 103 Å². The number of rotatable bonds is 2. The Bertz CT molecular complexity index is 443. The molecule has 1 aliphatic heterocycles. The number of benzene rings is 1. The molecule has 86 valence electrons. The van der Waals surface area contributed by atoms with Crippen LogP contribution in [0.25, 0.3) is 0 Å². The van der Waals surface area contributed by atoms with Crippen LogP contribution in [0.4, 0.5) is 5.69 Å². The molecule has 4 heteroatoms.